The molecule has 3 rings (SSSR count). The lowest BCUT2D eigenvalue weighted by Gasteiger charge is -2.10. The van der Waals surface area contributed by atoms with Gasteiger partial charge in [0.2, 0.25) is 0 Å². The van der Waals surface area contributed by atoms with Gasteiger partial charge in [0, 0.05) is 31.0 Å². The Kier molecular flexibility index (Phi) is 7.44. The van der Waals surface area contributed by atoms with Crippen molar-refractivity contribution in [3.8, 4) is 0 Å². The van der Waals surface area contributed by atoms with E-state index in [0.29, 0.717) is 18.4 Å². The number of rotatable bonds is 6. The fourth-order valence-electron chi connectivity index (χ4n) is 2.72. The molecule has 0 aliphatic rings. The molecule has 1 aromatic carbocycles. The van der Waals surface area contributed by atoms with Crippen LogP contribution in [0.5, 0.6) is 0 Å². The van der Waals surface area contributed by atoms with Crippen molar-refractivity contribution in [1.29, 1.82) is 0 Å². The SMILES string of the molecule is CCC(C)c1ccc(NC(N)=NCCc2cn3ccccc3n2)cc1.I. The molecule has 2 heterocycles. The summed E-state index contributed by atoms with van der Waals surface area (Å²) in [6, 6.07) is 14.3. The van der Waals surface area contributed by atoms with Crippen LogP contribution in [0.1, 0.15) is 37.4 Å². The third-order valence-corrected chi connectivity index (χ3v) is 4.43. The Labute approximate surface area is 171 Å². The topological polar surface area (TPSA) is 67.7 Å². The quantitative estimate of drug-likeness (QED) is 0.323. The summed E-state index contributed by atoms with van der Waals surface area (Å²) in [4.78, 5) is 8.95. The average molecular weight is 463 g/mol. The highest BCUT2D eigenvalue weighted by atomic mass is 127. The first kappa shape index (κ1) is 20.2. The zero-order valence-corrected chi connectivity index (χ0v) is 17.6. The predicted molar refractivity (Wildman–Crippen MR) is 120 cm³/mol. The van der Waals surface area contributed by atoms with E-state index in [1.165, 1.54) is 5.56 Å². The number of aliphatic imine (C=N–C) groups is 1. The molecule has 0 saturated heterocycles. The van der Waals surface area contributed by atoms with Crippen molar-refractivity contribution in [2.24, 2.45) is 10.7 Å². The molecule has 26 heavy (non-hydrogen) atoms. The standard InChI is InChI=1S/C20H25N5.HI/c1-3-15(2)16-7-9-17(10-8-16)24-20(21)22-12-11-18-14-25-13-5-4-6-19(25)23-18;/h4-10,13-15H,3,11-12H2,1-2H3,(H3,21,22,24);1H. The molecule has 5 nitrogen and oxygen atoms in total. The molecular weight excluding hydrogens is 437 g/mol. The Balaban J connectivity index is 0.00000243. The number of benzene rings is 1. The van der Waals surface area contributed by atoms with Crippen molar-refractivity contribution in [2.45, 2.75) is 32.6 Å². The van der Waals surface area contributed by atoms with Gasteiger partial charge in [-0.1, -0.05) is 32.0 Å². The first-order valence-electron chi connectivity index (χ1n) is 8.75. The number of aromatic nitrogens is 2. The van der Waals surface area contributed by atoms with Crippen molar-refractivity contribution in [2.75, 3.05) is 11.9 Å². The number of nitrogens with zero attached hydrogens (tertiary/aromatic N) is 3. The van der Waals surface area contributed by atoms with E-state index in [0.717, 1.165) is 29.9 Å². The molecular formula is C20H26IN5. The maximum atomic E-state index is 5.98. The normalized spacial score (nSPS) is 12.6. The summed E-state index contributed by atoms with van der Waals surface area (Å²) in [6.07, 6.45) is 5.92. The molecule has 0 spiro atoms. The highest BCUT2D eigenvalue weighted by molar-refractivity contribution is 14.0. The summed E-state index contributed by atoms with van der Waals surface area (Å²) in [5, 5.41) is 3.14. The van der Waals surface area contributed by atoms with Crippen LogP contribution in [0.25, 0.3) is 5.65 Å². The average Bonchev–Trinajstić information content (AvgIpc) is 3.04. The van der Waals surface area contributed by atoms with Crippen molar-refractivity contribution < 1.29 is 0 Å². The molecule has 6 heteroatoms. The molecule has 0 aliphatic heterocycles. The number of hydrogen-bond acceptors (Lipinski definition) is 2. The van der Waals surface area contributed by atoms with Gasteiger partial charge >= 0.3 is 0 Å². The number of pyridine rings is 1. The minimum Gasteiger partial charge on any atom is -0.370 e. The van der Waals surface area contributed by atoms with E-state index in [4.69, 9.17) is 5.73 Å². The molecule has 1 unspecified atom stereocenters. The number of halogens is 1. The molecule has 3 aromatic rings. The van der Waals surface area contributed by atoms with Crippen LogP contribution in [0.2, 0.25) is 0 Å². The van der Waals surface area contributed by atoms with Crippen molar-refractivity contribution in [3.05, 3.63) is 66.1 Å². The molecule has 0 fully saturated rings. The van der Waals surface area contributed by atoms with E-state index in [1.54, 1.807) is 0 Å². The van der Waals surface area contributed by atoms with Gasteiger partial charge in [0.15, 0.2) is 5.96 Å². The van der Waals surface area contributed by atoms with Crippen molar-refractivity contribution >= 4 is 41.3 Å². The van der Waals surface area contributed by atoms with Crippen LogP contribution in [0, 0.1) is 0 Å². The number of nitrogens with one attached hydrogen (secondary N) is 1. The van der Waals surface area contributed by atoms with Gasteiger partial charge in [0.1, 0.15) is 5.65 Å². The Morgan fingerprint density at radius 3 is 2.69 bits per heavy atom. The van der Waals surface area contributed by atoms with Gasteiger partial charge in [-0.15, -0.1) is 24.0 Å². The number of fused-ring (bicyclic) bond motifs is 1. The lowest BCUT2D eigenvalue weighted by Crippen LogP contribution is -2.23. The van der Waals surface area contributed by atoms with Gasteiger partial charge in [0.05, 0.1) is 5.69 Å². The molecule has 0 aliphatic carbocycles. The minimum absolute atomic E-state index is 0. The van der Waals surface area contributed by atoms with Gasteiger partial charge in [0.25, 0.3) is 0 Å². The molecule has 1 atom stereocenters. The lowest BCUT2D eigenvalue weighted by molar-refractivity contribution is 0.734. The van der Waals surface area contributed by atoms with E-state index in [1.807, 2.05) is 47.1 Å². The predicted octanol–water partition coefficient (Wildman–Crippen LogP) is 4.44. The summed E-state index contributed by atoms with van der Waals surface area (Å²) in [5.41, 5.74) is 10.3. The van der Waals surface area contributed by atoms with E-state index < -0.39 is 0 Å². The van der Waals surface area contributed by atoms with E-state index in [2.05, 4.69) is 41.3 Å². The fourth-order valence-corrected chi connectivity index (χ4v) is 2.72. The Morgan fingerprint density at radius 1 is 1.23 bits per heavy atom. The molecule has 0 saturated carbocycles. The minimum atomic E-state index is 0. The van der Waals surface area contributed by atoms with E-state index in [9.17, 15) is 0 Å². The summed E-state index contributed by atoms with van der Waals surface area (Å²) >= 11 is 0. The molecule has 3 N–H and O–H groups in total. The van der Waals surface area contributed by atoms with Crippen molar-refractivity contribution in [3.63, 3.8) is 0 Å². The number of imidazole rings is 1. The smallest absolute Gasteiger partial charge is 0.193 e. The number of guanidine groups is 1. The van der Waals surface area contributed by atoms with Crippen LogP contribution in [-0.2, 0) is 6.42 Å². The molecule has 138 valence electrons. The maximum Gasteiger partial charge on any atom is 0.193 e. The van der Waals surface area contributed by atoms with Gasteiger partial charge in [-0.3, -0.25) is 4.99 Å². The van der Waals surface area contributed by atoms with E-state index in [-0.39, 0.29) is 24.0 Å². The van der Waals surface area contributed by atoms with E-state index >= 15 is 0 Å². The monoisotopic (exact) mass is 463 g/mol. The summed E-state index contributed by atoms with van der Waals surface area (Å²) in [6.45, 7) is 5.04. The van der Waals surface area contributed by atoms with Crippen LogP contribution >= 0.6 is 24.0 Å². The zero-order chi connectivity index (χ0) is 17.6. The highest BCUT2D eigenvalue weighted by Gasteiger charge is 2.03. The molecule has 2 aromatic heterocycles. The number of nitrogens with two attached hydrogens (primary N) is 1. The Bertz CT molecular complexity index is 821. The van der Waals surface area contributed by atoms with Crippen LogP contribution in [0.3, 0.4) is 0 Å². The van der Waals surface area contributed by atoms with Crippen LogP contribution < -0.4 is 11.1 Å². The number of anilines is 1. The third kappa shape index (κ3) is 5.20. The zero-order valence-electron chi connectivity index (χ0n) is 15.2. The largest absolute Gasteiger partial charge is 0.370 e. The molecule has 0 radical (unpaired) electrons. The Morgan fingerprint density at radius 2 is 2.00 bits per heavy atom. The Hall–Kier alpha value is -2.09. The van der Waals surface area contributed by atoms with Gasteiger partial charge in [-0.2, -0.15) is 0 Å². The van der Waals surface area contributed by atoms with Gasteiger partial charge in [-0.05, 0) is 42.2 Å². The van der Waals surface area contributed by atoms with Crippen LogP contribution in [-0.4, -0.2) is 21.9 Å². The first-order chi connectivity index (χ1) is 12.2. The second-order valence-corrected chi connectivity index (χ2v) is 6.27. The second kappa shape index (κ2) is 9.56. The van der Waals surface area contributed by atoms with Gasteiger partial charge in [-0.25, -0.2) is 4.98 Å². The maximum absolute atomic E-state index is 5.98. The summed E-state index contributed by atoms with van der Waals surface area (Å²) < 4.78 is 2.01. The van der Waals surface area contributed by atoms with Gasteiger partial charge < -0.3 is 15.5 Å². The number of hydrogen-bond donors (Lipinski definition) is 2. The van der Waals surface area contributed by atoms with Crippen LogP contribution in [0.15, 0.2) is 59.9 Å². The second-order valence-electron chi connectivity index (χ2n) is 6.27. The third-order valence-electron chi connectivity index (χ3n) is 4.43. The summed E-state index contributed by atoms with van der Waals surface area (Å²) in [5.74, 6) is 1.01. The molecule has 0 amide bonds. The van der Waals surface area contributed by atoms with Crippen LogP contribution in [0.4, 0.5) is 5.69 Å². The molecule has 0 bridgehead atoms. The van der Waals surface area contributed by atoms with Crippen molar-refractivity contribution in [1.82, 2.24) is 9.38 Å². The lowest BCUT2D eigenvalue weighted by atomic mass is 9.99. The first-order valence-corrected chi connectivity index (χ1v) is 8.75. The highest BCUT2D eigenvalue weighted by Crippen LogP contribution is 2.20. The fraction of sp³-hybridized carbons (Fsp3) is 0.300. The summed E-state index contributed by atoms with van der Waals surface area (Å²) in [7, 11) is 0.